The molecule has 0 aliphatic rings. The average Bonchev–Trinajstić information content (AvgIpc) is 2.44. The predicted molar refractivity (Wildman–Crippen MR) is 70.5 cm³/mol. The fraction of sp³-hybridized carbons (Fsp3) is 0.818. The van der Waals surface area contributed by atoms with Crippen LogP contribution in [0.3, 0.4) is 0 Å². The van der Waals surface area contributed by atoms with Gasteiger partial charge in [-0.05, 0) is 6.92 Å². The Morgan fingerprint density at radius 3 is 2.15 bits per heavy atom. The van der Waals surface area contributed by atoms with Gasteiger partial charge in [0.25, 0.3) is 0 Å². The SMILES string of the molecule is COCCN(CCC(=O)OC)S(=O)(=O)C(C)C(=O)OC. The predicted octanol–water partition coefficient (Wildman–Crippen LogP) is -0.611. The molecule has 0 bridgehead atoms. The highest BCUT2D eigenvalue weighted by Crippen LogP contribution is 2.11. The zero-order chi connectivity index (χ0) is 15.8. The van der Waals surface area contributed by atoms with E-state index in [1.54, 1.807) is 0 Å². The van der Waals surface area contributed by atoms with E-state index in [4.69, 9.17) is 4.74 Å². The van der Waals surface area contributed by atoms with Gasteiger partial charge in [0.1, 0.15) is 0 Å². The van der Waals surface area contributed by atoms with Crippen molar-refractivity contribution in [3.8, 4) is 0 Å². The molecule has 0 aromatic heterocycles. The number of esters is 2. The molecule has 0 aliphatic carbocycles. The molecule has 0 spiro atoms. The fourth-order valence-corrected chi connectivity index (χ4v) is 2.85. The van der Waals surface area contributed by atoms with E-state index in [9.17, 15) is 18.0 Å². The molecule has 0 saturated heterocycles. The third-order valence-electron chi connectivity index (χ3n) is 2.68. The molecule has 1 atom stereocenters. The number of hydrogen-bond acceptors (Lipinski definition) is 7. The molecule has 0 saturated carbocycles. The largest absolute Gasteiger partial charge is 0.469 e. The van der Waals surface area contributed by atoms with E-state index in [-0.39, 0.29) is 26.1 Å². The normalized spacial score (nSPS) is 13.1. The summed E-state index contributed by atoms with van der Waals surface area (Å²) in [5.74, 6) is -1.39. The number of carbonyl (C=O) groups excluding carboxylic acids is 2. The number of ether oxygens (including phenoxy) is 3. The van der Waals surface area contributed by atoms with Gasteiger partial charge in [0.2, 0.25) is 10.0 Å². The molecule has 0 aromatic carbocycles. The first-order chi connectivity index (χ1) is 9.31. The molecule has 1 unspecified atom stereocenters. The molecule has 0 amide bonds. The second-order valence-electron chi connectivity index (χ2n) is 3.93. The maximum Gasteiger partial charge on any atom is 0.325 e. The van der Waals surface area contributed by atoms with E-state index in [1.165, 1.54) is 21.1 Å². The van der Waals surface area contributed by atoms with E-state index >= 15 is 0 Å². The van der Waals surface area contributed by atoms with Crippen molar-refractivity contribution in [3.05, 3.63) is 0 Å². The fourth-order valence-electron chi connectivity index (χ4n) is 1.39. The van der Waals surface area contributed by atoms with Crippen LogP contribution in [-0.4, -0.2) is 70.9 Å². The van der Waals surface area contributed by atoms with Crippen LogP contribution in [0.25, 0.3) is 0 Å². The highest BCUT2D eigenvalue weighted by molar-refractivity contribution is 7.90. The first-order valence-corrected chi connectivity index (χ1v) is 7.44. The number of rotatable bonds is 9. The summed E-state index contributed by atoms with van der Waals surface area (Å²) in [6.07, 6.45) is -0.104. The van der Waals surface area contributed by atoms with E-state index in [2.05, 4.69) is 9.47 Å². The van der Waals surface area contributed by atoms with Crippen LogP contribution in [0.2, 0.25) is 0 Å². The zero-order valence-corrected chi connectivity index (χ0v) is 12.9. The molecule has 20 heavy (non-hydrogen) atoms. The lowest BCUT2D eigenvalue weighted by Crippen LogP contribution is -2.44. The molecule has 0 fully saturated rings. The van der Waals surface area contributed by atoms with Crippen LogP contribution in [0.5, 0.6) is 0 Å². The van der Waals surface area contributed by atoms with Gasteiger partial charge in [0.05, 0.1) is 27.2 Å². The lowest BCUT2D eigenvalue weighted by Gasteiger charge is -2.24. The van der Waals surface area contributed by atoms with Crippen molar-refractivity contribution in [3.63, 3.8) is 0 Å². The van der Waals surface area contributed by atoms with Gasteiger partial charge in [-0.2, -0.15) is 4.31 Å². The van der Waals surface area contributed by atoms with Crippen molar-refractivity contribution in [2.75, 3.05) is 41.0 Å². The quantitative estimate of drug-likeness (QED) is 0.524. The van der Waals surface area contributed by atoms with Gasteiger partial charge in [-0.1, -0.05) is 0 Å². The minimum atomic E-state index is -3.92. The summed E-state index contributed by atoms with van der Waals surface area (Å²) in [6, 6.07) is 0. The highest BCUT2D eigenvalue weighted by atomic mass is 32.2. The molecular formula is C11H21NO7S. The van der Waals surface area contributed by atoms with E-state index < -0.39 is 27.2 Å². The number of nitrogens with zero attached hydrogens (tertiary/aromatic N) is 1. The van der Waals surface area contributed by atoms with Crippen LogP contribution in [0.1, 0.15) is 13.3 Å². The van der Waals surface area contributed by atoms with Gasteiger partial charge in [-0.15, -0.1) is 0 Å². The van der Waals surface area contributed by atoms with Crippen LogP contribution >= 0.6 is 0 Å². The second-order valence-corrected chi connectivity index (χ2v) is 6.18. The molecule has 8 nitrogen and oxygen atoms in total. The molecule has 0 N–H and O–H groups in total. The summed E-state index contributed by atoms with van der Waals surface area (Å²) in [7, 11) is -0.163. The maximum absolute atomic E-state index is 12.3. The summed E-state index contributed by atoms with van der Waals surface area (Å²) in [5, 5.41) is -1.35. The third kappa shape index (κ3) is 5.43. The number of carbonyl (C=O) groups is 2. The Hall–Kier alpha value is -1.19. The summed E-state index contributed by atoms with van der Waals surface area (Å²) < 4.78 is 39.3. The van der Waals surface area contributed by atoms with Crippen molar-refractivity contribution in [1.29, 1.82) is 0 Å². The first kappa shape index (κ1) is 18.8. The van der Waals surface area contributed by atoms with Crippen LogP contribution in [0.4, 0.5) is 0 Å². The monoisotopic (exact) mass is 311 g/mol. The Morgan fingerprint density at radius 2 is 1.70 bits per heavy atom. The molecule has 0 aliphatic heterocycles. The Morgan fingerprint density at radius 1 is 1.10 bits per heavy atom. The first-order valence-electron chi connectivity index (χ1n) is 5.93. The van der Waals surface area contributed by atoms with Gasteiger partial charge in [0, 0.05) is 20.2 Å². The Bertz CT molecular complexity index is 420. The van der Waals surface area contributed by atoms with Crippen LogP contribution in [-0.2, 0) is 33.8 Å². The standard InChI is InChI=1S/C11H21NO7S/c1-9(11(14)19-4)20(15,16)12(7-8-17-2)6-5-10(13)18-3/h9H,5-8H2,1-4H3. The minimum absolute atomic E-state index is 0.0389. The summed E-state index contributed by atoms with van der Waals surface area (Å²) in [5.41, 5.74) is 0. The van der Waals surface area contributed by atoms with Gasteiger partial charge in [-0.3, -0.25) is 9.59 Å². The van der Waals surface area contributed by atoms with Gasteiger partial charge in [-0.25, -0.2) is 8.42 Å². The molecule has 0 radical (unpaired) electrons. The third-order valence-corrected chi connectivity index (χ3v) is 4.85. The zero-order valence-electron chi connectivity index (χ0n) is 12.1. The van der Waals surface area contributed by atoms with Gasteiger partial charge in [0.15, 0.2) is 5.25 Å². The van der Waals surface area contributed by atoms with Crippen molar-refractivity contribution in [2.24, 2.45) is 0 Å². The number of methoxy groups -OCH3 is 3. The minimum Gasteiger partial charge on any atom is -0.469 e. The maximum atomic E-state index is 12.3. The number of hydrogen-bond donors (Lipinski definition) is 0. The van der Waals surface area contributed by atoms with Gasteiger partial charge >= 0.3 is 11.9 Å². The molecule has 9 heteroatoms. The van der Waals surface area contributed by atoms with Crippen molar-refractivity contribution in [2.45, 2.75) is 18.6 Å². The smallest absolute Gasteiger partial charge is 0.325 e. The van der Waals surface area contributed by atoms with Crippen molar-refractivity contribution < 1.29 is 32.2 Å². The lowest BCUT2D eigenvalue weighted by molar-refractivity contribution is -0.141. The summed E-state index contributed by atoms with van der Waals surface area (Å²) in [6.45, 7) is 1.34. The van der Waals surface area contributed by atoms with E-state index in [1.807, 2.05) is 0 Å². The number of sulfonamides is 1. The Kier molecular flexibility index (Phi) is 8.35. The molecule has 0 rings (SSSR count). The average molecular weight is 311 g/mol. The molecule has 0 heterocycles. The Labute approximate surface area is 119 Å². The van der Waals surface area contributed by atoms with E-state index in [0.29, 0.717) is 0 Å². The molecular weight excluding hydrogens is 290 g/mol. The topological polar surface area (TPSA) is 99.2 Å². The van der Waals surface area contributed by atoms with Crippen molar-refractivity contribution in [1.82, 2.24) is 4.31 Å². The van der Waals surface area contributed by atoms with Crippen LogP contribution < -0.4 is 0 Å². The molecule has 118 valence electrons. The van der Waals surface area contributed by atoms with E-state index in [0.717, 1.165) is 11.4 Å². The van der Waals surface area contributed by atoms with Crippen molar-refractivity contribution >= 4 is 22.0 Å². The van der Waals surface area contributed by atoms with Crippen LogP contribution in [0, 0.1) is 0 Å². The van der Waals surface area contributed by atoms with Crippen LogP contribution in [0.15, 0.2) is 0 Å². The molecule has 0 aromatic rings. The Balaban J connectivity index is 4.98. The lowest BCUT2D eigenvalue weighted by atomic mass is 10.4. The summed E-state index contributed by atoms with van der Waals surface area (Å²) >= 11 is 0. The summed E-state index contributed by atoms with van der Waals surface area (Å²) in [4.78, 5) is 22.5. The highest BCUT2D eigenvalue weighted by Gasteiger charge is 2.34. The second kappa shape index (κ2) is 8.88. The van der Waals surface area contributed by atoms with Gasteiger partial charge < -0.3 is 14.2 Å².